The van der Waals surface area contributed by atoms with Gasteiger partial charge in [-0.15, -0.1) is 0 Å². The first-order valence-electron chi connectivity index (χ1n) is 13.5. The van der Waals surface area contributed by atoms with Crippen LogP contribution in [-0.4, -0.2) is 64.6 Å². The quantitative estimate of drug-likeness (QED) is 0.348. The molecule has 0 saturated heterocycles. The van der Waals surface area contributed by atoms with Gasteiger partial charge in [0.15, 0.2) is 11.5 Å². The minimum atomic E-state index is -4.18. The molecule has 10 nitrogen and oxygen atoms in total. The number of ether oxygens (including phenoxy) is 3. The maximum atomic E-state index is 14.1. The summed E-state index contributed by atoms with van der Waals surface area (Å²) in [4.78, 5) is 28.6. The third-order valence-corrected chi connectivity index (χ3v) is 8.46. The Bertz CT molecular complexity index is 1450. The van der Waals surface area contributed by atoms with Crippen molar-refractivity contribution in [2.75, 3.05) is 37.7 Å². The summed E-state index contributed by atoms with van der Waals surface area (Å²) >= 11 is 0. The van der Waals surface area contributed by atoms with Gasteiger partial charge >= 0.3 is 0 Å². The molecular formula is C30H35N3O7S. The number of fused-ring (bicyclic) bond motifs is 1. The molecule has 0 bridgehead atoms. The fourth-order valence-corrected chi connectivity index (χ4v) is 6.00. The summed E-state index contributed by atoms with van der Waals surface area (Å²) in [7, 11) is -2.62. The zero-order valence-corrected chi connectivity index (χ0v) is 24.2. The molecule has 3 aromatic rings. The molecule has 0 aromatic heterocycles. The van der Waals surface area contributed by atoms with Crippen molar-refractivity contribution in [1.82, 2.24) is 10.2 Å². The van der Waals surface area contributed by atoms with Crippen molar-refractivity contribution in [2.45, 2.75) is 37.8 Å². The van der Waals surface area contributed by atoms with Crippen molar-refractivity contribution in [3.63, 3.8) is 0 Å². The van der Waals surface area contributed by atoms with E-state index in [1.165, 1.54) is 17.0 Å². The standard InChI is InChI=1S/C30H35N3O7S/c1-4-26(30(35)31-5-2)32(20-22-11-14-24(38-3)15-12-22)29(34)21-33(41(36,37)25-9-7-6-8-10-25)23-13-16-27-28(19-23)40-18-17-39-27/h6-16,19,26H,4-5,17-18,20-21H2,1-3H3,(H,31,35)/t26-/m1/s1. The molecule has 41 heavy (non-hydrogen) atoms. The van der Waals surface area contributed by atoms with Crippen LogP contribution in [0.25, 0.3) is 0 Å². The predicted molar refractivity (Wildman–Crippen MR) is 155 cm³/mol. The fraction of sp³-hybridized carbons (Fsp3) is 0.333. The molecule has 1 N–H and O–H groups in total. The van der Waals surface area contributed by atoms with E-state index in [-0.39, 0.29) is 23.0 Å². The predicted octanol–water partition coefficient (Wildman–Crippen LogP) is 3.61. The highest BCUT2D eigenvalue weighted by Gasteiger charge is 2.34. The van der Waals surface area contributed by atoms with Crippen LogP contribution in [0.2, 0.25) is 0 Å². The largest absolute Gasteiger partial charge is 0.497 e. The number of benzene rings is 3. The molecule has 1 aliphatic rings. The molecule has 0 radical (unpaired) electrons. The minimum Gasteiger partial charge on any atom is -0.497 e. The van der Waals surface area contributed by atoms with Gasteiger partial charge in [-0.2, -0.15) is 0 Å². The second kappa shape index (κ2) is 13.4. The Morgan fingerprint density at radius 1 is 0.951 bits per heavy atom. The van der Waals surface area contributed by atoms with E-state index in [0.29, 0.717) is 43.4 Å². The molecule has 0 fully saturated rings. The Labute approximate surface area is 240 Å². The lowest BCUT2D eigenvalue weighted by atomic mass is 10.1. The number of amides is 2. The third-order valence-electron chi connectivity index (χ3n) is 6.67. The van der Waals surface area contributed by atoms with Crippen LogP contribution in [0.5, 0.6) is 17.2 Å². The number of nitrogens with zero attached hydrogens (tertiary/aromatic N) is 2. The zero-order valence-electron chi connectivity index (χ0n) is 23.4. The maximum Gasteiger partial charge on any atom is 0.264 e. The van der Waals surface area contributed by atoms with Gasteiger partial charge in [0.25, 0.3) is 10.0 Å². The number of carbonyl (C=O) groups excluding carboxylic acids is 2. The van der Waals surface area contributed by atoms with E-state index in [1.54, 1.807) is 62.6 Å². The van der Waals surface area contributed by atoms with Crippen LogP contribution in [0.3, 0.4) is 0 Å². The molecule has 1 heterocycles. The summed E-state index contributed by atoms with van der Waals surface area (Å²) < 4.78 is 45.5. The fourth-order valence-electron chi connectivity index (χ4n) is 4.57. The third kappa shape index (κ3) is 6.91. The van der Waals surface area contributed by atoms with Gasteiger partial charge in [-0.3, -0.25) is 13.9 Å². The van der Waals surface area contributed by atoms with Crippen LogP contribution in [0.15, 0.2) is 77.7 Å². The molecule has 0 aliphatic carbocycles. The zero-order chi connectivity index (χ0) is 29.4. The van der Waals surface area contributed by atoms with Gasteiger partial charge in [-0.25, -0.2) is 8.42 Å². The van der Waals surface area contributed by atoms with E-state index in [4.69, 9.17) is 14.2 Å². The number of hydrogen-bond donors (Lipinski definition) is 1. The lowest BCUT2D eigenvalue weighted by molar-refractivity contribution is -0.140. The van der Waals surface area contributed by atoms with E-state index in [0.717, 1.165) is 9.87 Å². The number of nitrogens with one attached hydrogen (secondary N) is 1. The summed E-state index contributed by atoms with van der Waals surface area (Å²) in [6.45, 7) is 4.27. The highest BCUT2D eigenvalue weighted by molar-refractivity contribution is 7.92. The molecule has 3 aromatic carbocycles. The monoisotopic (exact) mass is 581 g/mol. The van der Waals surface area contributed by atoms with Gasteiger partial charge in [-0.05, 0) is 55.3 Å². The Morgan fingerprint density at radius 3 is 2.27 bits per heavy atom. The van der Waals surface area contributed by atoms with E-state index in [2.05, 4.69) is 5.32 Å². The number of likely N-dealkylation sites (N-methyl/N-ethyl adjacent to an activating group) is 1. The van der Waals surface area contributed by atoms with Crippen molar-refractivity contribution in [3.05, 3.63) is 78.4 Å². The summed E-state index contributed by atoms with van der Waals surface area (Å²) in [6, 6.07) is 19.0. The first-order valence-corrected chi connectivity index (χ1v) is 14.9. The SMILES string of the molecule is CCNC(=O)[C@@H](CC)N(Cc1ccc(OC)cc1)C(=O)CN(c1ccc2c(c1)OCCO2)S(=O)(=O)c1ccccc1. The summed E-state index contributed by atoms with van der Waals surface area (Å²) in [5.74, 6) is 0.688. The van der Waals surface area contributed by atoms with Crippen LogP contribution in [0, 0.1) is 0 Å². The molecule has 2 amide bonds. The van der Waals surface area contributed by atoms with Crippen molar-refractivity contribution < 1.29 is 32.2 Å². The van der Waals surface area contributed by atoms with Gasteiger partial charge in [0.1, 0.15) is 31.5 Å². The Balaban J connectivity index is 1.74. The molecule has 11 heteroatoms. The second-order valence-corrected chi connectivity index (χ2v) is 11.2. The van der Waals surface area contributed by atoms with Crippen LogP contribution >= 0.6 is 0 Å². The summed E-state index contributed by atoms with van der Waals surface area (Å²) in [6.07, 6.45) is 0.336. The Morgan fingerprint density at radius 2 is 1.63 bits per heavy atom. The van der Waals surface area contributed by atoms with Crippen molar-refractivity contribution in [1.29, 1.82) is 0 Å². The minimum absolute atomic E-state index is 0.0279. The highest BCUT2D eigenvalue weighted by Crippen LogP contribution is 2.36. The molecule has 1 aliphatic heterocycles. The van der Waals surface area contributed by atoms with Crippen molar-refractivity contribution in [3.8, 4) is 17.2 Å². The van der Waals surface area contributed by atoms with Gasteiger partial charge in [0.2, 0.25) is 11.8 Å². The lowest BCUT2D eigenvalue weighted by Crippen LogP contribution is -2.52. The summed E-state index contributed by atoms with van der Waals surface area (Å²) in [5.41, 5.74) is 1.00. The van der Waals surface area contributed by atoms with Crippen LogP contribution in [-0.2, 0) is 26.2 Å². The van der Waals surface area contributed by atoms with E-state index in [9.17, 15) is 18.0 Å². The van der Waals surface area contributed by atoms with Crippen molar-refractivity contribution >= 4 is 27.5 Å². The van der Waals surface area contributed by atoms with Crippen molar-refractivity contribution in [2.24, 2.45) is 0 Å². The average Bonchev–Trinajstić information content (AvgIpc) is 3.00. The molecule has 4 rings (SSSR count). The van der Waals surface area contributed by atoms with Gasteiger partial charge < -0.3 is 24.4 Å². The number of hydrogen-bond acceptors (Lipinski definition) is 7. The summed E-state index contributed by atoms with van der Waals surface area (Å²) in [5, 5.41) is 2.80. The van der Waals surface area contributed by atoms with Gasteiger partial charge in [-0.1, -0.05) is 37.3 Å². The highest BCUT2D eigenvalue weighted by atomic mass is 32.2. The maximum absolute atomic E-state index is 14.1. The van der Waals surface area contributed by atoms with E-state index < -0.39 is 28.5 Å². The van der Waals surface area contributed by atoms with Gasteiger partial charge in [0.05, 0.1) is 17.7 Å². The molecule has 0 saturated carbocycles. The van der Waals surface area contributed by atoms with Crippen LogP contribution < -0.4 is 23.8 Å². The number of carbonyl (C=O) groups is 2. The molecule has 218 valence electrons. The lowest BCUT2D eigenvalue weighted by Gasteiger charge is -2.33. The van der Waals surface area contributed by atoms with E-state index in [1.807, 2.05) is 19.1 Å². The van der Waals surface area contributed by atoms with Crippen LogP contribution in [0.1, 0.15) is 25.8 Å². The second-order valence-electron chi connectivity index (χ2n) is 9.34. The molecule has 1 atom stereocenters. The van der Waals surface area contributed by atoms with Gasteiger partial charge in [0, 0.05) is 19.2 Å². The molecule has 0 spiro atoms. The average molecular weight is 582 g/mol. The molecule has 0 unspecified atom stereocenters. The first-order chi connectivity index (χ1) is 19.8. The normalized spacial score (nSPS) is 13.1. The Hall–Kier alpha value is -4.25. The Kier molecular flexibility index (Phi) is 9.72. The number of rotatable bonds is 12. The number of methoxy groups -OCH3 is 1. The first kappa shape index (κ1) is 29.7. The van der Waals surface area contributed by atoms with Crippen LogP contribution in [0.4, 0.5) is 5.69 Å². The topological polar surface area (TPSA) is 114 Å². The molecular weight excluding hydrogens is 546 g/mol. The van der Waals surface area contributed by atoms with E-state index >= 15 is 0 Å². The number of sulfonamides is 1. The number of anilines is 1. The smallest absolute Gasteiger partial charge is 0.264 e.